The van der Waals surface area contributed by atoms with E-state index >= 15 is 0 Å². The Balaban J connectivity index is 4.59. The highest BCUT2D eigenvalue weighted by Gasteiger charge is 2.40. The van der Waals surface area contributed by atoms with E-state index in [1.807, 2.05) is 0 Å². The van der Waals surface area contributed by atoms with Crippen LogP contribution in [0.15, 0.2) is 0 Å². The molecule has 4 N–H and O–H groups in total. The van der Waals surface area contributed by atoms with E-state index in [2.05, 4.69) is 0 Å². The molecule has 0 aliphatic carbocycles. The maximum Gasteiger partial charge on any atom is 0.343 e. The summed E-state index contributed by atoms with van der Waals surface area (Å²) in [6.07, 6.45) is -0.168. The highest BCUT2D eigenvalue weighted by molar-refractivity contribution is 6.06. The molecule has 0 amide bonds. The lowest BCUT2D eigenvalue weighted by Crippen LogP contribution is -2.48. The molecule has 1 unspecified atom stereocenters. The first-order valence-corrected chi connectivity index (χ1v) is 3.18. The van der Waals surface area contributed by atoms with Crippen LogP contribution in [0.3, 0.4) is 0 Å². The van der Waals surface area contributed by atoms with Crippen LogP contribution < -0.4 is 5.73 Å². The van der Waals surface area contributed by atoms with Gasteiger partial charge in [0.15, 0.2) is 5.78 Å². The standard InChI is InChI=1S/C6H11NO4/c1-2-6(11,5(9)10)4(8)3-7/h11H,2-3,7H2,1H3,(H,9,10). The Kier molecular flexibility index (Phi) is 3.16. The zero-order valence-electron chi connectivity index (χ0n) is 6.20. The van der Waals surface area contributed by atoms with Gasteiger partial charge in [-0.05, 0) is 6.42 Å². The molecule has 0 rings (SSSR count). The van der Waals surface area contributed by atoms with Gasteiger partial charge in [0.05, 0.1) is 6.54 Å². The number of rotatable bonds is 4. The highest BCUT2D eigenvalue weighted by Crippen LogP contribution is 2.10. The summed E-state index contributed by atoms with van der Waals surface area (Å²) in [6.45, 7) is 0.943. The van der Waals surface area contributed by atoms with Gasteiger partial charge in [0.2, 0.25) is 5.60 Å². The van der Waals surface area contributed by atoms with Crippen LogP contribution in [0.1, 0.15) is 13.3 Å². The van der Waals surface area contributed by atoms with E-state index in [9.17, 15) is 9.59 Å². The summed E-state index contributed by atoms with van der Waals surface area (Å²) in [7, 11) is 0. The molecule has 0 heterocycles. The van der Waals surface area contributed by atoms with Crippen LogP contribution >= 0.6 is 0 Å². The quantitative estimate of drug-likeness (QED) is 0.447. The topological polar surface area (TPSA) is 101 Å². The molecule has 5 heteroatoms. The molecule has 5 nitrogen and oxygen atoms in total. The average molecular weight is 161 g/mol. The Hall–Kier alpha value is -0.940. The van der Waals surface area contributed by atoms with E-state index < -0.39 is 23.9 Å². The smallest absolute Gasteiger partial charge is 0.343 e. The number of carbonyl (C=O) groups excluding carboxylic acids is 1. The van der Waals surface area contributed by atoms with Crippen molar-refractivity contribution in [2.24, 2.45) is 5.73 Å². The summed E-state index contributed by atoms with van der Waals surface area (Å²) in [5.74, 6) is -2.41. The summed E-state index contributed by atoms with van der Waals surface area (Å²) < 4.78 is 0. The average Bonchev–Trinajstić information content (AvgIpc) is 2.01. The molecule has 0 aromatic carbocycles. The molecular formula is C6H11NO4. The van der Waals surface area contributed by atoms with Crippen molar-refractivity contribution in [3.8, 4) is 0 Å². The summed E-state index contributed by atoms with van der Waals surface area (Å²) in [5.41, 5.74) is 2.60. The third kappa shape index (κ3) is 1.75. The zero-order chi connectivity index (χ0) is 9.07. The first-order valence-electron chi connectivity index (χ1n) is 3.18. The Labute approximate surface area is 63.8 Å². The van der Waals surface area contributed by atoms with Crippen LogP contribution in [0.5, 0.6) is 0 Å². The van der Waals surface area contributed by atoms with Crippen LogP contribution in [-0.2, 0) is 9.59 Å². The first kappa shape index (κ1) is 10.1. The van der Waals surface area contributed by atoms with Crippen molar-refractivity contribution in [3.05, 3.63) is 0 Å². The van der Waals surface area contributed by atoms with Crippen LogP contribution in [0.4, 0.5) is 0 Å². The predicted molar refractivity (Wildman–Crippen MR) is 36.9 cm³/mol. The number of hydrogen-bond acceptors (Lipinski definition) is 4. The Morgan fingerprint density at radius 1 is 1.55 bits per heavy atom. The van der Waals surface area contributed by atoms with Gasteiger partial charge in [0.1, 0.15) is 0 Å². The molecule has 0 bridgehead atoms. The molecule has 1 atom stereocenters. The third-order valence-electron chi connectivity index (χ3n) is 1.51. The van der Waals surface area contributed by atoms with Gasteiger partial charge in [-0.2, -0.15) is 0 Å². The van der Waals surface area contributed by atoms with E-state index in [4.69, 9.17) is 15.9 Å². The van der Waals surface area contributed by atoms with Crippen molar-refractivity contribution < 1.29 is 19.8 Å². The molecule has 0 saturated carbocycles. The minimum Gasteiger partial charge on any atom is -0.479 e. The molecule has 0 aliphatic heterocycles. The summed E-state index contributed by atoms with van der Waals surface area (Å²) in [4.78, 5) is 21.1. The van der Waals surface area contributed by atoms with Gasteiger partial charge < -0.3 is 15.9 Å². The van der Waals surface area contributed by atoms with E-state index in [1.165, 1.54) is 6.92 Å². The number of carbonyl (C=O) groups is 2. The molecule has 11 heavy (non-hydrogen) atoms. The van der Waals surface area contributed by atoms with Crippen molar-refractivity contribution in [1.29, 1.82) is 0 Å². The van der Waals surface area contributed by atoms with Gasteiger partial charge >= 0.3 is 5.97 Å². The Morgan fingerprint density at radius 2 is 2.00 bits per heavy atom. The second kappa shape index (κ2) is 3.45. The van der Waals surface area contributed by atoms with E-state index in [1.54, 1.807) is 0 Å². The molecule has 0 saturated heterocycles. The maximum absolute atomic E-state index is 10.8. The van der Waals surface area contributed by atoms with Crippen molar-refractivity contribution in [2.45, 2.75) is 18.9 Å². The van der Waals surface area contributed by atoms with Gasteiger partial charge in [-0.1, -0.05) is 6.92 Å². The van der Waals surface area contributed by atoms with Crippen LogP contribution in [0, 0.1) is 0 Å². The molecule has 0 spiro atoms. The van der Waals surface area contributed by atoms with Crippen LogP contribution in [0.25, 0.3) is 0 Å². The van der Waals surface area contributed by atoms with E-state index in [0.717, 1.165) is 0 Å². The van der Waals surface area contributed by atoms with E-state index in [0.29, 0.717) is 0 Å². The minimum absolute atomic E-state index is 0.168. The summed E-state index contributed by atoms with van der Waals surface area (Å²) in [6, 6.07) is 0. The number of aliphatic carboxylic acids is 1. The fraction of sp³-hybridized carbons (Fsp3) is 0.667. The van der Waals surface area contributed by atoms with Gasteiger partial charge in [-0.15, -0.1) is 0 Å². The fourth-order valence-electron chi connectivity index (χ4n) is 0.637. The van der Waals surface area contributed by atoms with Gasteiger partial charge in [-0.25, -0.2) is 4.79 Å². The van der Waals surface area contributed by atoms with Crippen LogP contribution in [-0.4, -0.2) is 34.1 Å². The van der Waals surface area contributed by atoms with Crippen molar-refractivity contribution in [3.63, 3.8) is 0 Å². The monoisotopic (exact) mass is 161 g/mol. The highest BCUT2D eigenvalue weighted by atomic mass is 16.4. The van der Waals surface area contributed by atoms with Gasteiger partial charge in [0, 0.05) is 0 Å². The van der Waals surface area contributed by atoms with Gasteiger partial charge in [0.25, 0.3) is 0 Å². The maximum atomic E-state index is 10.8. The minimum atomic E-state index is -2.30. The number of aliphatic hydroxyl groups is 1. The lowest BCUT2D eigenvalue weighted by atomic mass is 9.95. The Morgan fingerprint density at radius 3 is 2.09 bits per heavy atom. The molecule has 0 fully saturated rings. The van der Waals surface area contributed by atoms with E-state index in [-0.39, 0.29) is 6.42 Å². The zero-order valence-corrected chi connectivity index (χ0v) is 6.20. The number of nitrogens with two attached hydrogens (primary N) is 1. The third-order valence-corrected chi connectivity index (χ3v) is 1.51. The molecule has 64 valence electrons. The second-order valence-electron chi connectivity index (χ2n) is 2.15. The fourth-order valence-corrected chi connectivity index (χ4v) is 0.637. The molecule has 0 aliphatic rings. The van der Waals surface area contributed by atoms with Crippen molar-refractivity contribution in [2.75, 3.05) is 6.54 Å². The second-order valence-corrected chi connectivity index (χ2v) is 2.15. The molecule has 0 radical (unpaired) electrons. The number of hydrogen-bond donors (Lipinski definition) is 3. The largest absolute Gasteiger partial charge is 0.479 e. The lowest BCUT2D eigenvalue weighted by Gasteiger charge is -2.18. The Bertz CT molecular complexity index is 179. The number of Topliss-reactive ketones (excluding diaryl/α,β-unsaturated/α-hetero) is 1. The van der Waals surface area contributed by atoms with Crippen LogP contribution in [0.2, 0.25) is 0 Å². The number of carboxylic acid groups (broad SMARTS) is 1. The molecule has 0 aromatic rings. The predicted octanol–water partition coefficient (Wildman–Crippen LogP) is -1.26. The number of ketones is 1. The van der Waals surface area contributed by atoms with Gasteiger partial charge in [-0.3, -0.25) is 4.79 Å². The summed E-state index contributed by atoms with van der Waals surface area (Å²) >= 11 is 0. The van der Waals surface area contributed by atoms with Crippen molar-refractivity contribution >= 4 is 11.8 Å². The number of carboxylic acids is 1. The SMILES string of the molecule is CCC(O)(C(=O)O)C(=O)CN. The summed E-state index contributed by atoms with van der Waals surface area (Å²) in [5, 5.41) is 17.5. The molecular weight excluding hydrogens is 150 g/mol. The van der Waals surface area contributed by atoms with Crippen molar-refractivity contribution in [1.82, 2.24) is 0 Å². The molecule has 0 aromatic heterocycles. The lowest BCUT2D eigenvalue weighted by molar-refractivity contribution is -0.164. The normalized spacial score (nSPS) is 15.5. The first-order chi connectivity index (χ1) is 4.99.